The largest absolute Gasteiger partial charge is 0.458 e. The van der Waals surface area contributed by atoms with E-state index in [1.54, 1.807) is 13.1 Å². The van der Waals surface area contributed by atoms with Crippen molar-refractivity contribution in [2.75, 3.05) is 26.7 Å². The Morgan fingerprint density at radius 3 is 2.76 bits per heavy atom. The van der Waals surface area contributed by atoms with Gasteiger partial charge < -0.3 is 19.3 Å². The molecule has 1 aliphatic rings. The van der Waals surface area contributed by atoms with Crippen LogP contribution < -0.4 is 0 Å². The highest BCUT2D eigenvalue weighted by molar-refractivity contribution is 5.92. The monoisotopic (exact) mass is 288 g/mol. The van der Waals surface area contributed by atoms with Crippen LogP contribution in [0.2, 0.25) is 0 Å². The van der Waals surface area contributed by atoms with Gasteiger partial charge in [0.1, 0.15) is 17.4 Å². The number of amides is 2. The fourth-order valence-corrected chi connectivity index (χ4v) is 2.39. The fourth-order valence-electron chi connectivity index (χ4n) is 2.39. The van der Waals surface area contributed by atoms with Gasteiger partial charge >= 0.3 is 0 Å². The Labute approximate surface area is 121 Å². The third kappa shape index (κ3) is 2.62. The summed E-state index contributed by atoms with van der Waals surface area (Å²) in [5, 5.41) is 11.1. The van der Waals surface area contributed by atoms with E-state index in [9.17, 15) is 14.7 Å². The molecule has 2 amide bonds. The number of carbonyl (C=O) groups excluding carboxylic acids is 2. The highest BCUT2D eigenvalue weighted by Crippen LogP contribution is 2.24. The molecule has 0 spiro atoms. The van der Waals surface area contributed by atoms with Gasteiger partial charge in [0.2, 0.25) is 11.8 Å². The average molecular weight is 288 g/mol. The van der Waals surface area contributed by atoms with Crippen LogP contribution in [0.3, 0.4) is 0 Å². The minimum absolute atomic E-state index is 0.00732. The smallest absolute Gasteiger partial charge is 0.242 e. The summed E-state index contributed by atoms with van der Waals surface area (Å²) in [4.78, 5) is 26.3. The minimum atomic E-state index is -0.947. The van der Waals surface area contributed by atoms with E-state index < -0.39 is 6.10 Å². The summed E-state index contributed by atoms with van der Waals surface area (Å²) in [5.74, 6) is 0.0917. The van der Waals surface area contributed by atoms with Gasteiger partial charge in [0, 0.05) is 12.4 Å². The molecule has 110 valence electrons. The van der Waals surface area contributed by atoms with Crippen LogP contribution in [-0.2, 0) is 9.59 Å². The number of aliphatic hydroxyl groups is 1. The fraction of sp³-hybridized carbons (Fsp3) is 0.333. The van der Waals surface area contributed by atoms with Crippen LogP contribution in [0, 0.1) is 0 Å². The first-order valence-corrected chi connectivity index (χ1v) is 6.73. The van der Waals surface area contributed by atoms with Crippen molar-refractivity contribution in [3.8, 4) is 0 Å². The van der Waals surface area contributed by atoms with Crippen molar-refractivity contribution < 1.29 is 19.1 Å². The Morgan fingerprint density at radius 1 is 1.24 bits per heavy atom. The highest BCUT2D eigenvalue weighted by Gasteiger charge is 2.29. The normalized spacial score (nSPS) is 17.6. The van der Waals surface area contributed by atoms with Gasteiger partial charge in [-0.2, -0.15) is 0 Å². The predicted molar refractivity (Wildman–Crippen MR) is 75.4 cm³/mol. The van der Waals surface area contributed by atoms with Gasteiger partial charge in [-0.1, -0.05) is 18.2 Å². The van der Waals surface area contributed by atoms with Gasteiger partial charge in [-0.15, -0.1) is 0 Å². The van der Waals surface area contributed by atoms with Crippen molar-refractivity contribution in [1.82, 2.24) is 9.80 Å². The summed E-state index contributed by atoms with van der Waals surface area (Å²) in [5.41, 5.74) is 0.687. The van der Waals surface area contributed by atoms with Crippen molar-refractivity contribution in [2.45, 2.75) is 6.10 Å². The lowest BCUT2D eigenvalue weighted by atomic mass is 10.2. The lowest BCUT2D eigenvalue weighted by molar-refractivity contribution is -0.150. The third-order valence-electron chi connectivity index (χ3n) is 3.64. The van der Waals surface area contributed by atoms with Gasteiger partial charge in [0.15, 0.2) is 0 Å². The third-order valence-corrected chi connectivity index (χ3v) is 3.64. The summed E-state index contributed by atoms with van der Waals surface area (Å²) in [7, 11) is 1.59. The molecule has 1 saturated heterocycles. The van der Waals surface area contributed by atoms with Crippen LogP contribution in [0.4, 0.5) is 0 Å². The summed E-state index contributed by atoms with van der Waals surface area (Å²) in [6, 6.07) is 9.19. The van der Waals surface area contributed by atoms with Crippen molar-refractivity contribution >= 4 is 22.8 Å². The first-order chi connectivity index (χ1) is 10.0. The molecule has 21 heavy (non-hydrogen) atoms. The highest BCUT2D eigenvalue weighted by atomic mass is 16.4. The Bertz CT molecular complexity index is 661. The summed E-state index contributed by atoms with van der Waals surface area (Å²) in [6.07, 6.45) is -0.947. The van der Waals surface area contributed by atoms with E-state index in [0.29, 0.717) is 11.3 Å². The number of furan rings is 1. The summed E-state index contributed by atoms with van der Waals surface area (Å²) in [6.45, 7) is 0.0938. The number of carbonyl (C=O) groups is 2. The molecule has 2 aromatic rings. The van der Waals surface area contributed by atoms with Crippen molar-refractivity contribution in [3.05, 3.63) is 36.1 Å². The molecule has 1 aliphatic heterocycles. The molecular formula is C15H16N2O4. The van der Waals surface area contributed by atoms with E-state index in [-0.39, 0.29) is 31.4 Å². The van der Waals surface area contributed by atoms with Crippen LogP contribution in [0.1, 0.15) is 11.9 Å². The number of para-hydroxylation sites is 1. The van der Waals surface area contributed by atoms with Gasteiger partial charge in [-0.3, -0.25) is 9.59 Å². The maximum Gasteiger partial charge on any atom is 0.242 e. The number of piperazine rings is 1. The second kappa shape index (κ2) is 5.21. The number of benzene rings is 1. The first kappa shape index (κ1) is 13.6. The molecule has 3 rings (SSSR count). The molecule has 6 nitrogen and oxygen atoms in total. The van der Waals surface area contributed by atoms with Crippen LogP contribution in [-0.4, -0.2) is 53.4 Å². The predicted octanol–water partition coefficient (Wildman–Crippen LogP) is 0.767. The van der Waals surface area contributed by atoms with E-state index in [1.165, 1.54) is 9.80 Å². The van der Waals surface area contributed by atoms with Crippen molar-refractivity contribution in [2.24, 2.45) is 0 Å². The standard InChI is InChI=1S/C15H16N2O4/c1-16-8-15(20)17(9-14(16)19)7-11(18)13-6-10-4-2-3-5-12(10)21-13/h2-6,11,18H,7-9H2,1H3. The number of likely N-dealkylation sites (N-methyl/N-ethyl adjacent to an activating group) is 1. The molecule has 1 unspecified atom stereocenters. The molecular weight excluding hydrogens is 272 g/mol. The van der Waals surface area contributed by atoms with Crippen molar-refractivity contribution in [1.29, 1.82) is 0 Å². The summed E-state index contributed by atoms with van der Waals surface area (Å²) >= 11 is 0. The Hall–Kier alpha value is -2.34. The topological polar surface area (TPSA) is 74.0 Å². The summed E-state index contributed by atoms with van der Waals surface area (Å²) < 4.78 is 5.57. The maximum atomic E-state index is 11.9. The van der Waals surface area contributed by atoms with Gasteiger partial charge in [0.25, 0.3) is 0 Å². The van der Waals surface area contributed by atoms with Crippen molar-refractivity contribution in [3.63, 3.8) is 0 Å². The molecule has 0 bridgehead atoms. The van der Waals surface area contributed by atoms with Gasteiger partial charge in [0.05, 0.1) is 19.6 Å². The zero-order valence-corrected chi connectivity index (χ0v) is 11.7. The van der Waals surface area contributed by atoms with Crippen LogP contribution in [0.15, 0.2) is 34.7 Å². The molecule has 1 aromatic carbocycles. The molecule has 6 heteroatoms. The molecule has 2 heterocycles. The molecule has 0 saturated carbocycles. The maximum absolute atomic E-state index is 11.9. The SMILES string of the molecule is CN1CC(=O)N(CC(O)c2cc3ccccc3o2)CC1=O. The number of hydrogen-bond acceptors (Lipinski definition) is 4. The lowest BCUT2D eigenvalue weighted by Gasteiger charge is -2.32. The first-order valence-electron chi connectivity index (χ1n) is 6.73. The zero-order chi connectivity index (χ0) is 15.0. The molecule has 1 N–H and O–H groups in total. The Morgan fingerprint density at radius 2 is 2.00 bits per heavy atom. The quantitative estimate of drug-likeness (QED) is 0.905. The van der Waals surface area contributed by atoms with Gasteiger partial charge in [-0.25, -0.2) is 0 Å². The van der Waals surface area contributed by atoms with E-state index >= 15 is 0 Å². The second-order valence-electron chi connectivity index (χ2n) is 5.23. The van der Waals surface area contributed by atoms with Gasteiger partial charge in [-0.05, 0) is 12.1 Å². The second-order valence-corrected chi connectivity index (χ2v) is 5.23. The van der Waals surface area contributed by atoms with Crippen LogP contribution in [0.25, 0.3) is 11.0 Å². The molecule has 0 radical (unpaired) electrons. The average Bonchev–Trinajstić information content (AvgIpc) is 2.88. The zero-order valence-electron chi connectivity index (χ0n) is 11.7. The number of nitrogens with zero attached hydrogens (tertiary/aromatic N) is 2. The number of aliphatic hydroxyl groups excluding tert-OH is 1. The molecule has 1 aromatic heterocycles. The molecule has 1 atom stereocenters. The molecule has 1 fully saturated rings. The number of hydrogen-bond donors (Lipinski definition) is 1. The number of β-amino-alcohol motifs (C(OH)–C–C–N with tert-alkyl or cyclic N) is 1. The number of fused-ring (bicyclic) bond motifs is 1. The minimum Gasteiger partial charge on any atom is -0.458 e. The van der Waals surface area contributed by atoms with E-state index in [4.69, 9.17) is 4.42 Å². The van der Waals surface area contributed by atoms with E-state index in [1.807, 2.05) is 24.3 Å². The number of rotatable bonds is 3. The Balaban J connectivity index is 1.75. The van der Waals surface area contributed by atoms with E-state index in [2.05, 4.69) is 0 Å². The lowest BCUT2D eigenvalue weighted by Crippen LogP contribution is -2.53. The Kier molecular flexibility index (Phi) is 3.39. The van der Waals surface area contributed by atoms with Crippen LogP contribution >= 0.6 is 0 Å². The van der Waals surface area contributed by atoms with E-state index in [0.717, 1.165) is 5.39 Å². The van der Waals surface area contributed by atoms with Crippen LogP contribution in [0.5, 0.6) is 0 Å². The molecule has 0 aliphatic carbocycles.